The summed E-state index contributed by atoms with van der Waals surface area (Å²) in [6.07, 6.45) is 0. The molecule has 4 rings (SSSR count). The number of hydrogen-bond acceptors (Lipinski definition) is 10. The number of aromatic nitrogens is 6. The number of halogens is 4. The molecule has 0 aliphatic carbocycles. The lowest BCUT2D eigenvalue weighted by atomic mass is 10.2. The van der Waals surface area contributed by atoms with Gasteiger partial charge in [-0.05, 0) is 64.1 Å². The summed E-state index contributed by atoms with van der Waals surface area (Å²) in [5, 5.41) is -0.725. The van der Waals surface area contributed by atoms with Crippen molar-refractivity contribution >= 4 is 52.4 Å². The molecule has 0 spiro atoms. The molecule has 0 saturated heterocycles. The number of carbonyl (C=O) groups is 1. The SMILES string of the molecule is O=C(OCc1ccccc1)c1cc(Oc2nc(Cl)nc(Cl)n2)cc(Oc2nc(Cl)nc(Cl)n2)c1. The van der Waals surface area contributed by atoms with Gasteiger partial charge in [0.15, 0.2) is 0 Å². The van der Waals surface area contributed by atoms with Gasteiger partial charge in [0.25, 0.3) is 0 Å². The molecule has 0 aliphatic heterocycles. The van der Waals surface area contributed by atoms with Gasteiger partial charge in [0, 0.05) is 6.07 Å². The maximum Gasteiger partial charge on any atom is 0.338 e. The van der Waals surface area contributed by atoms with Gasteiger partial charge < -0.3 is 14.2 Å². The van der Waals surface area contributed by atoms with Crippen LogP contribution in [0.5, 0.6) is 23.5 Å². The Labute approximate surface area is 211 Å². The minimum absolute atomic E-state index is 0.0539. The van der Waals surface area contributed by atoms with Crippen molar-refractivity contribution in [2.45, 2.75) is 6.61 Å². The molecule has 4 aromatic rings. The highest BCUT2D eigenvalue weighted by Gasteiger charge is 2.16. The van der Waals surface area contributed by atoms with Gasteiger partial charge in [0.1, 0.15) is 18.1 Å². The Bertz CT molecular complexity index is 1230. The minimum Gasteiger partial charge on any atom is -0.457 e. The molecule has 2 heterocycles. The monoisotopic (exact) mass is 538 g/mol. The Hall–Kier alpha value is -3.31. The number of ether oxygens (including phenoxy) is 3. The van der Waals surface area contributed by atoms with Crippen LogP contribution < -0.4 is 9.47 Å². The van der Waals surface area contributed by atoms with Crippen LogP contribution in [0, 0.1) is 0 Å². The molecule has 0 aliphatic rings. The molecule has 0 fully saturated rings. The first-order valence-electron chi connectivity index (χ1n) is 9.20. The van der Waals surface area contributed by atoms with Crippen LogP contribution in [0.2, 0.25) is 21.1 Å². The van der Waals surface area contributed by atoms with Crippen molar-refractivity contribution in [3.63, 3.8) is 0 Å². The first-order chi connectivity index (χ1) is 16.3. The van der Waals surface area contributed by atoms with Crippen LogP contribution in [0.4, 0.5) is 0 Å². The van der Waals surface area contributed by atoms with Crippen LogP contribution in [0.15, 0.2) is 48.5 Å². The third kappa shape index (κ3) is 6.61. The predicted octanol–water partition coefficient (Wildman–Crippen LogP) is 5.61. The summed E-state index contributed by atoms with van der Waals surface area (Å²) in [5.74, 6) is -0.472. The standard InChI is InChI=1S/C20H10Cl4N6O4/c21-15-25-16(22)28-19(27-15)33-12-6-11(14(31)32-9-10-4-2-1-3-5-10)7-13(8-12)34-20-29-17(23)26-18(24)30-20/h1-8H,9H2. The normalized spacial score (nSPS) is 10.6. The van der Waals surface area contributed by atoms with Crippen molar-refractivity contribution in [1.82, 2.24) is 29.9 Å². The van der Waals surface area contributed by atoms with Gasteiger partial charge in [0.05, 0.1) is 5.56 Å². The Morgan fingerprint density at radius 1 is 0.676 bits per heavy atom. The van der Waals surface area contributed by atoms with E-state index in [9.17, 15) is 4.79 Å². The van der Waals surface area contributed by atoms with E-state index in [0.29, 0.717) is 0 Å². The predicted molar refractivity (Wildman–Crippen MR) is 122 cm³/mol. The first-order valence-corrected chi connectivity index (χ1v) is 10.7. The number of hydrogen-bond donors (Lipinski definition) is 0. The van der Waals surface area contributed by atoms with Gasteiger partial charge >= 0.3 is 18.0 Å². The van der Waals surface area contributed by atoms with Crippen molar-refractivity contribution in [1.29, 1.82) is 0 Å². The van der Waals surface area contributed by atoms with Crippen LogP contribution in [-0.4, -0.2) is 35.9 Å². The van der Waals surface area contributed by atoms with Crippen LogP contribution in [-0.2, 0) is 11.3 Å². The molecule has 0 N–H and O–H groups in total. The number of benzene rings is 2. The molecule has 2 aromatic heterocycles. The molecule has 0 bridgehead atoms. The van der Waals surface area contributed by atoms with E-state index >= 15 is 0 Å². The van der Waals surface area contributed by atoms with E-state index in [1.807, 2.05) is 30.3 Å². The fraction of sp³-hybridized carbons (Fsp3) is 0.0500. The average Bonchev–Trinajstić information content (AvgIpc) is 2.76. The molecule has 172 valence electrons. The highest BCUT2D eigenvalue weighted by atomic mass is 35.5. The van der Waals surface area contributed by atoms with E-state index in [0.717, 1.165) is 5.56 Å². The lowest BCUT2D eigenvalue weighted by Gasteiger charge is -2.11. The summed E-state index contributed by atoms with van der Waals surface area (Å²) in [7, 11) is 0. The van der Waals surface area contributed by atoms with Gasteiger partial charge in [-0.15, -0.1) is 0 Å². The van der Waals surface area contributed by atoms with Crippen molar-refractivity contribution in [3.8, 4) is 23.5 Å². The zero-order valence-corrected chi connectivity index (χ0v) is 19.7. The van der Waals surface area contributed by atoms with E-state index < -0.39 is 5.97 Å². The maximum absolute atomic E-state index is 12.7. The Morgan fingerprint density at radius 3 is 1.62 bits per heavy atom. The summed E-state index contributed by atoms with van der Waals surface area (Å²) >= 11 is 23.2. The number of carbonyl (C=O) groups excluding carboxylic acids is 1. The Kier molecular flexibility index (Phi) is 7.53. The number of esters is 1. The lowest BCUT2D eigenvalue weighted by Crippen LogP contribution is -2.06. The molecule has 10 nitrogen and oxygen atoms in total. The van der Waals surface area contributed by atoms with E-state index in [1.54, 1.807) is 0 Å². The van der Waals surface area contributed by atoms with Crippen molar-refractivity contribution in [2.24, 2.45) is 0 Å². The molecule has 0 atom stereocenters. The van der Waals surface area contributed by atoms with E-state index in [4.69, 9.17) is 60.6 Å². The van der Waals surface area contributed by atoms with Crippen molar-refractivity contribution in [2.75, 3.05) is 0 Å². The Morgan fingerprint density at radius 2 is 1.15 bits per heavy atom. The molecule has 34 heavy (non-hydrogen) atoms. The summed E-state index contributed by atoms with van der Waals surface area (Å²) in [6.45, 7) is 0.0539. The van der Waals surface area contributed by atoms with Crippen LogP contribution in [0.1, 0.15) is 15.9 Å². The van der Waals surface area contributed by atoms with Gasteiger partial charge in [-0.2, -0.15) is 29.9 Å². The Balaban J connectivity index is 1.63. The lowest BCUT2D eigenvalue weighted by molar-refractivity contribution is 0.0472. The fourth-order valence-electron chi connectivity index (χ4n) is 2.53. The van der Waals surface area contributed by atoms with Crippen LogP contribution in [0.3, 0.4) is 0 Å². The smallest absolute Gasteiger partial charge is 0.338 e. The topological polar surface area (TPSA) is 122 Å². The maximum atomic E-state index is 12.7. The zero-order valence-electron chi connectivity index (χ0n) is 16.7. The molecule has 0 unspecified atom stereocenters. The molecule has 0 saturated carbocycles. The van der Waals surface area contributed by atoms with Gasteiger partial charge in [-0.25, -0.2) is 4.79 Å². The molecular weight excluding hydrogens is 530 g/mol. The molecule has 0 amide bonds. The summed E-state index contributed by atoms with van der Waals surface area (Å²) in [5.41, 5.74) is 0.893. The summed E-state index contributed by atoms with van der Waals surface area (Å²) in [6, 6.07) is 12.9. The second-order valence-corrected chi connectivity index (χ2v) is 7.62. The molecule has 14 heteroatoms. The largest absolute Gasteiger partial charge is 0.457 e. The number of rotatable bonds is 7. The van der Waals surface area contributed by atoms with Crippen LogP contribution in [0.25, 0.3) is 0 Å². The first kappa shape index (κ1) is 23.8. The summed E-state index contributed by atoms with van der Waals surface area (Å²) < 4.78 is 16.6. The molecule has 2 aromatic carbocycles. The van der Waals surface area contributed by atoms with E-state index in [-0.39, 0.29) is 56.8 Å². The van der Waals surface area contributed by atoms with Crippen LogP contribution >= 0.6 is 46.4 Å². The van der Waals surface area contributed by atoms with E-state index in [1.165, 1.54) is 18.2 Å². The second-order valence-electron chi connectivity index (χ2n) is 6.27. The van der Waals surface area contributed by atoms with Gasteiger partial charge in [-0.1, -0.05) is 30.3 Å². The fourth-order valence-corrected chi connectivity index (χ4v) is 3.23. The molecular formula is C20H10Cl4N6O4. The number of nitrogens with zero attached hydrogens (tertiary/aromatic N) is 6. The van der Waals surface area contributed by atoms with Gasteiger partial charge in [0.2, 0.25) is 21.1 Å². The highest BCUT2D eigenvalue weighted by molar-refractivity contribution is 6.31. The second kappa shape index (κ2) is 10.7. The van der Waals surface area contributed by atoms with E-state index in [2.05, 4.69) is 29.9 Å². The zero-order chi connectivity index (χ0) is 24.1. The van der Waals surface area contributed by atoms with Crippen molar-refractivity contribution < 1.29 is 19.0 Å². The molecule has 0 radical (unpaired) electrons. The van der Waals surface area contributed by atoms with Gasteiger partial charge in [-0.3, -0.25) is 0 Å². The third-order valence-electron chi connectivity index (χ3n) is 3.87. The minimum atomic E-state index is -0.655. The third-order valence-corrected chi connectivity index (χ3v) is 4.54. The van der Waals surface area contributed by atoms with Crippen molar-refractivity contribution in [3.05, 3.63) is 80.8 Å². The average molecular weight is 540 g/mol. The quantitative estimate of drug-likeness (QED) is 0.274. The summed E-state index contributed by atoms with van der Waals surface area (Å²) in [4.78, 5) is 35.4. The highest BCUT2D eigenvalue weighted by Crippen LogP contribution is 2.30.